The third kappa shape index (κ3) is 40.6. The van der Waals surface area contributed by atoms with E-state index in [1.807, 2.05) is 0 Å². The molecule has 0 aromatic carbocycles. The molecule has 0 aromatic heterocycles. The lowest BCUT2D eigenvalue weighted by Gasteiger charge is -2.18. The van der Waals surface area contributed by atoms with E-state index in [2.05, 4.69) is 57.2 Å². The van der Waals surface area contributed by atoms with Gasteiger partial charge in [-0.15, -0.1) is 0 Å². The second-order valence-electron chi connectivity index (χ2n) is 15.0. The molecule has 53 heavy (non-hydrogen) atoms. The van der Waals surface area contributed by atoms with Crippen molar-refractivity contribution in [2.75, 3.05) is 13.2 Å². The first-order chi connectivity index (χ1) is 26.0. The Hall–Kier alpha value is -2.37. The number of esters is 3. The topological polar surface area (TPSA) is 78.9 Å². The van der Waals surface area contributed by atoms with Gasteiger partial charge in [0.25, 0.3) is 0 Å². The van der Waals surface area contributed by atoms with Gasteiger partial charge in [0.2, 0.25) is 0 Å². The summed E-state index contributed by atoms with van der Waals surface area (Å²) in [6.45, 7) is 6.50. The summed E-state index contributed by atoms with van der Waals surface area (Å²) in [4.78, 5) is 37.5. The van der Waals surface area contributed by atoms with Gasteiger partial charge in [0.05, 0.1) is 0 Å². The average Bonchev–Trinajstić information content (AvgIpc) is 3.15. The van der Waals surface area contributed by atoms with E-state index in [0.29, 0.717) is 19.3 Å². The summed E-state index contributed by atoms with van der Waals surface area (Å²) in [6, 6.07) is 0. The van der Waals surface area contributed by atoms with Crippen LogP contribution in [-0.2, 0) is 28.6 Å². The lowest BCUT2D eigenvalue weighted by atomic mass is 10.1. The van der Waals surface area contributed by atoms with Gasteiger partial charge in [-0.3, -0.25) is 14.4 Å². The summed E-state index contributed by atoms with van der Waals surface area (Å²) in [5.74, 6) is -0.905. The normalized spacial score (nSPS) is 12.3. The molecule has 308 valence electrons. The third-order valence-electron chi connectivity index (χ3n) is 9.62. The number of rotatable bonds is 40. The first-order valence-electron chi connectivity index (χ1n) is 22.5. The van der Waals surface area contributed by atoms with Crippen molar-refractivity contribution in [3.8, 4) is 0 Å². The number of carbonyl (C=O) groups excluding carboxylic acids is 3. The smallest absolute Gasteiger partial charge is 0.306 e. The lowest BCUT2D eigenvalue weighted by Crippen LogP contribution is -2.30. The number of ether oxygens (including phenoxy) is 3. The van der Waals surface area contributed by atoms with Crippen LogP contribution in [0.4, 0.5) is 0 Å². The molecule has 0 saturated carbocycles. The van der Waals surface area contributed by atoms with Crippen LogP contribution in [0.1, 0.15) is 226 Å². The first-order valence-corrected chi connectivity index (χ1v) is 22.5. The van der Waals surface area contributed by atoms with Crippen LogP contribution in [0.5, 0.6) is 0 Å². The van der Waals surface area contributed by atoms with E-state index in [4.69, 9.17) is 14.2 Å². The Morgan fingerprint density at radius 1 is 0.377 bits per heavy atom. The maximum atomic E-state index is 12.6. The average molecular weight is 745 g/mol. The highest BCUT2D eigenvalue weighted by Crippen LogP contribution is 2.13. The number of unbranched alkanes of at least 4 members (excludes halogenated alkanes) is 23. The molecule has 0 saturated heterocycles. The van der Waals surface area contributed by atoms with Crippen LogP contribution < -0.4 is 0 Å². The zero-order valence-electron chi connectivity index (χ0n) is 35.0. The van der Waals surface area contributed by atoms with Gasteiger partial charge in [-0.25, -0.2) is 0 Å². The molecule has 0 amide bonds. The zero-order valence-corrected chi connectivity index (χ0v) is 35.0. The Kier molecular flexibility index (Phi) is 40.5. The molecule has 0 aliphatic rings. The summed E-state index contributed by atoms with van der Waals surface area (Å²) < 4.78 is 16.6. The fourth-order valence-corrected chi connectivity index (χ4v) is 6.16. The van der Waals surface area contributed by atoms with Gasteiger partial charge < -0.3 is 14.2 Å². The minimum Gasteiger partial charge on any atom is -0.462 e. The predicted octanol–water partition coefficient (Wildman–Crippen LogP) is 14.2. The fourth-order valence-electron chi connectivity index (χ4n) is 6.16. The highest BCUT2D eigenvalue weighted by Gasteiger charge is 2.19. The molecule has 0 aromatic rings. The van der Waals surface area contributed by atoms with Crippen LogP contribution in [-0.4, -0.2) is 37.2 Å². The number of allylic oxidation sites excluding steroid dienone is 6. The minimum absolute atomic E-state index is 0.0779. The fraction of sp³-hybridized carbons (Fsp3) is 0.809. The number of hydrogen-bond donors (Lipinski definition) is 0. The molecule has 1 atom stereocenters. The third-order valence-corrected chi connectivity index (χ3v) is 9.62. The van der Waals surface area contributed by atoms with Gasteiger partial charge in [-0.2, -0.15) is 0 Å². The molecule has 0 spiro atoms. The van der Waals surface area contributed by atoms with E-state index in [-0.39, 0.29) is 31.1 Å². The van der Waals surface area contributed by atoms with Crippen molar-refractivity contribution in [3.63, 3.8) is 0 Å². The maximum absolute atomic E-state index is 12.6. The van der Waals surface area contributed by atoms with Crippen molar-refractivity contribution in [2.24, 2.45) is 0 Å². The Bertz CT molecular complexity index is 907. The Morgan fingerprint density at radius 2 is 0.698 bits per heavy atom. The van der Waals surface area contributed by atoms with Crippen molar-refractivity contribution in [1.82, 2.24) is 0 Å². The monoisotopic (exact) mass is 745 g/mol. The highest BCUT2D eigenvalue weighted by molar-refractivity contribution is 5.71. The zero-order chi connectivity index (χ0) is 38.7. The van der Waals surface area contributed by atoms with Crippen LogP contribution in [0.25, 0.3) is 0 Å². The molecule has 0 N–H and O–H groups in total. The standard InChI is InChI=1S/C47H84O6/c1-4-7-10-13-16-18-20-21-22-23-24-25-26-28-29-31-34-37-40-46(49)52-43-44(42-51-45(48)39-36-33-15-12-9-6-3)53-47(50)41-38-35-32-30-27-19-17-14-11-8-5-2/h14,17-18,20,22-23,44H,4-13,15-16,19,21,24-43H2,1-3H3/b17-14-,20-18-,23-22-. The van der Waals surface area contributed by atoms with Gasteiger partial charge in [-0.05, 0) is 70.6 Å². The van der Waals surface area contributed by atoms with Crippen LogP contribution >= 0.6 is 0 Å². The van der Waals surface area contributed by atoms with E-state index in [1.54, 1.807) is 0 Å². The molecule has 0 aliphatic heterocycles. The Morgan fingerprint density at radius 3 is 1.13 bits per heavy atom. The molecule has 6 heteroatoms. The van der Waals surface area contributed by atoms with Crippen LogP contribution in [0.2, 0.25) is 0 Å². The second-order valence-corrected chi connectivity index (χ2v) is 15.0. The van der Waals surface area contributed by atoms with Crippen LogP contribution in [0, 0.1) is 0 Å². The van der Waals surface area contributed by atoms with E-state index >= 15 is 0 Å². The highest BCUT2D eigenvalue weighted by atomic mass is 16.6. The van der Waals surface area contributed by atoms with Gasteiger partial charge >= 0.3 is 17.9 Å². The van der Waals surface area contributed by atoms with E-state index < -0.39 is 6.10 Å². The first kappa shape index (κ1) is 50.6. The minimum atomic E-state index is -0.772. The number of carbonyl (C=O) groups is 3. The quantitative estimate of drug-likeness (QED) is 0.0269. The summed E-state index contributed by atoms with van der Waals surface area (Å²) in [5, 5.41) is 0. The summed E-state index contributed by atoms with van der Waals surface area (Å²) >= 11 is 0. The van der Waals surface area contributed by atoms with E-state index in [0.717, 1.165) is 83.5 Å². The van der Waals surface area contributed by atoms with Gasteiger partial charge in [-0.1, -0.05) is 173 Å². The lowest BCUT2D eigenvalue weighted by molar-refractivity contribution is -0.167. The molecule has 0 radical (unpaired) electrons. The molecular formula is C47H84O6. The number of hydrogen-bond acceptors (Lipinski definition) is 6. The molecule has 0 heterocycles. The predicted molar refractivity (Wildman–Crippen MR) is 224 cm³/mol. The summed E-state index contributed by atoms with van der Waals surface area (Å²) in [5.41, 5.74) is 0. The van der Waals surface area contributed by atoms with E-state index in [1.165, 1.54) is 103 Å². The Balaban J connectivity index is 4.24. The van der Waals surface area contributed by atoms with Crippen LogP contribution in [0.15, 0.2) is 36.5 Å². The maximum Gasteiger partial charge on any atom is 0.306 e. The Labute approximate surface area is 327 Å². The van der Waals surface area contributed by atoms with Gasteiger partial charge in [0, 0.05) is 19.3 Å². The molecule has 1 unspecified atom stereocenters. The van der Waals surface area contributed by atoms with Crippen LogP contribution in [0.3, 0.4) is 0 Å². The largest absolute Gasteiger partial charge is 0.462 e. The molecule has 0 rings (SSSR count). The molecular weight excluding hydrogens is 661 g/mol. The SMILES string of the molecule is CCCC/C=C\CCCCCCCC(=O)OC(COC(=O)CCCCCCCC)COC(=O)CCCCCCCCC/C=C\C/C=C\CCCCCC. The van der Waals surface area contributed by atoms with Crippen molar-refractivity contribution < 1.29 is 28.6 Å². The molecule has 6 nitrogen and oxygen atoms in total. The van der Waals surface area contributed by atoms with Gasteiger partial charge in [0.15, 0.2) is 6.10 Å². The van der Waals surface area contributed by atoms with Crippen molar-refractivity contribution in [2.45, 2.75) is 232 Å². The molecule has 0 aliphatic carbocycles. The second kappa shape index (κ2) is 42.4. The van der Waals surface area contributed by atoms with Crippen molar-refractivity contribution in [3.05, 3.63) is 36.5 Å². The summed E-state index contributed by atoms with van der Waals surface area (Å²) in [6.07, 6.45) is 47.2. The van der Waals surface area contributed by atoms with Crippen molar-refractivity contribution in [1.29, 1.82) is 0 Å². The van der Waals surface area contributed by atoms with Gasteiger partial charge in [0.1, 0.15) is 13.2 Å². The summed E-state index contributed by atoms with van der Waals surface area (Å²) in [7, 11) is 0. The van der Waals surface area contributed by atoms with Crippen molar-refractivity contribution >= 4 is 17.9 Å². The van der Waals surface area contributed by atoms with E-state index in [9.17, 15) is 14.4 Å². The molecule has 0 bridgehead atoms. The molecule has 0 fully saturated rings.